The second kappa shape index (κ2) is 9.55. The van der Waals surface area contributed by atoms with E-state index in [4.69, 9.17) is 0 Å². The Bertz CT molecular complexity index is 1410. The van der Waals surface area contributed by atoms with Gasteiger partial charge in [-0.05, 0) is 55.5 Å². The van der Waals surface area contributed by atoms with Crippen molar-refractivity contribution in [3.8, 4) is 0 Å². The van der Waals surface area contributed by atoms with Gasteiger partial charge in [0.15, 0.2) is 0 Å². The van der Waals surface area contributed by atoms with Crippen LogP contribution in [0.4, 0.5) is 34.5 Å². The highest BCUT2D eigenvalue weighted by Crippen LogP contribution is 2.23. The quantitative estimate of drug-likeness (QED) is 0.239. The fraction of sp³-hybridized carbons (Fsp3) is 0.0435. The lowest BCUT2D eigenvalue weighted by atomic mass is 10.3. The van der Waals surface area contributed by atoms with Crippen LogP contribution in [0.3, 0.4) is 0 Å². The summed E-state index contributed by atoms with van der Waals surface area (Å²) in [6.45, 7) is 1.86. The molecule has 0 spiro atoms. The van der Waals surface area contributed by atoms with E-state index < -0.39 is 14.9 Å². The number of anilines is 5. The van der Waals surface area contributed by atoms with Gasteiger partial charge < -0.3 is 10.6 Å². The third-order valence-corrected chi connectivity index (χ3v) is 6.05. The maximum atomic E-state index is 12.6. The molecular formula is C23H20N6O4S. The number of nitrogens with zero attached hydrogens (tertiary/aromatic N) is 3. The maximum Gasteiger partial charge on any atom is 0.269 e. The number of hydrogen-bond acceptors (Lipinski definition) is 8. The molecule has 3 aromatic carbocycles. The van der Waals surface area contributed by atoms with Crippen LogP contribution in [0.5, 0.6) is 0 Å². The molecule has 34 heavy (non-hydrogen) atoms. The summed E-state index contributed by atoms with van der Waals surface area (Å²) in [6.07, 6.45) is 0. The topological polar surface area (TPSA) is 139 Å². The third kappa shape index (κ3) is 5.64. The van der Waals surface area contributed by atoms with Crippen LogP contribution in [0.15, 0.2) is 89.8 Å². The summed E-state index contributed by atoms with van der Waals surface area (Å²) in [5.41, 5.74) is 2.48. The molecule has 0 amide bonds. The van der Waals surface area contributed by atoms with Gasteiger partial charge >= 0.3 is 0 Å². The molecule has 3 N–H and O–H groups in total. The van der Waals surface area contributed by atoms with Crippen molar-refractivity contribution >= 4 is 44.5 Å². The van der Waals surface area contributed by atoms with Gasteiger partial charge in [0.25, 0.3) is 15.7 Å². The van der Waals surface area contributed by atoms with Crippen LogP contribution in [-0.2, 0) is 10.0 Å². The van der Waals surface area contributed by atoms with Gasteiger partial charge in [0, 0.05) is 41.0 Å². The smallest absolute Gasteiger partial charge is 0.269 e. The first-order valence-electron chi connectivity index (χ1n) is 10.1. The molecule has 1 aromatic heterocycles. The molecule has 0 bridgehead atoms. The van der Waals surface area contributed by atoms with Crippen molar-refractivity contribution in [2.45, 2.75) is 11.8 Å². The van der Waals surface area contributed by atoms with Gasteiger partial charge in [0.1, 0.15) is 5.82 Å². The van der Waals surface area contributed by atoms with Gasteiger partial charge in [-0.1, -0.05) is 18.2 Å². The molecule has 0 radical (unpaired) electrons. The minimum Gasteiger partial charge on any atom is -0.340 e. The molecular weight excluding hydrogens is 456 g/mol. The number of non-ortho nitro benzene ring substituents is 1. The number of benzene rings is 3. The number of para-hydroxylation sites is 1. The first-order valence-corrected chi connectivity index (χ1v) is 11.6. The Hall–Kier alpha value is -4.51. The van der Waals surface area contributed by atoms with Gasteiger partial charge in [-0.2, -0.15) is 4.98 Å². The average molecular weight is 477 g/mol. The molecule has 0 aliphatic rings. The molecule has 0 unspecified atom stereocenters. The van der Waals surface area contributed by atoms with E-state index >= 15 is 0 Å². The fourth-order valence-corrected chi connectivity index (χ4v) is 4.13. The zero-order valence-corrected chi connectivity index (χ0v) is 18.8. The SMILES string of the molecule is Cc1cc(Nc2ccccc2)nc(Nc2ccc(NS(=O)(=O)c3ccc([N+](=O)[O-])cc3)cc2)n1. The Morgan fingerprint density at radius 1 is 0.794 bits per heavy atom. The number of aryl methyl sites for hydroxylation is 1. The summed E-state index contributed by atoms with van der Waals surface area (Å²) in [7, 11) is -3.89. The molecule has 4 rings (SSSR count). The third-order valence-electron chi connectivity index (χ3n) is 4.65. The van der Waals surface area contributed by atoms with Gasteiger partial charge in [0.2, 0.25) is 5.95 Å². The molecule has 4 aromatic rings. The van der Waals surface area contributed by atoms with Crippen LogP contribution < -0.4 is 15.4 Å². The predicted molar refractivity (Wildman–Crippen MR) is 130 cm³/mol. The number of nitrogens with one attached hydrogen (secondary N) is 3. The van der Waals surface area contributed by atoms with Crippen molar-refractivity contribution in [2.75, 3.05) is 15.4 Å². The van der Waals surface area contributed by atoms with E-state index in [0.717, 1.165) is 23.5 Å². The Labute approximate surface area is 195 Å². The largest absolute Gasteiger partial charge is 0.340 e. The second-order valence-corrected chi connectivity index (χ2v) is 8.95. The molecule has 0 saturated carbocycles. The fourth-order valence-electron chi connectivity index (χ4n) is 3.07. The number of nitro benzene ring substituents is 1. The normalized spacial score (nSPS) is 11.0. The van der Waals surface area contributed by atoms with E-state index in [2.05, 4.69) is 25.3 Å². The highest BCUT2D eigenvalue weighted by molar-refractivity contribution is 7.92. The van der Waals surface area contributed by atoms with Crippen LogP contribution in [-0.4, -0.2) is 23.3 Å². The molecule has 0 aliphatic carbocycles. The number of sulfonamides is 1. The minimum atomic E-state index is -3.89. The van der Waals surface area contributed by atoms with Crippen molar-refractivity contribution in [3.05, 3.63) is 101 Å². The minimum absolute atomic E-state index is 0.0769. The van der Waals surface area contributed by atoms with E-state index in [1.807, 2.05) is 43.3 Å². The molecule has 0 atom stereocenters. The Balaban J connectivity index is 1.45. The van der Waals surface area contributed by atoms with Crippen molar-refractivity contribution in [2.24, 2.45) is 0 Å². The number of aromatic nitrogens is 2. The van der Waals surface area contributed by atoms with E-state index in [-0.39, 0.29) is 10.6 Å². The van der Waals surface area contributed by atoms with Gasteiger partial charge in [-0.25, -0.2) is 13.4 Å². The highest BCUT2D eigenvalue weighted by Gasteiger charge is 2.16. The molecule has 172 valence electrons. The monoisotopic (exact) mass is 476 g/mol. The van der Waals surface area contributed by atoms with Crippen molar-refractivity contribution in [1.82, 2.24) is 9.97 Å². The van der Waals surface area contributed by atoms with Crippen LogP contribution in [0, 0.1) is 17.0 Å². The van der Waals surface area contributed by atoms with E-state index in [1.165, 1.54) is 12.1 Å². The zero-order valence-electron chi connectivity index (χ0n) is 18.0. The lowest BCUT2D eigenvalue weighted by molar-refractivity contribution is -0.384. The number of nitro groups is 1. The highest BCUT2D eigenvalue weighted by atomic mass is 32.2. The summed E-state index contributed by atoms with van der Waals surface area (Å²) in [5.74, 6) is 1.02. The number of rotatable bonds is 8. The van der Waals surface area contributed by atoms with Crippen LogP contribution in [0.25, 0.3) is 0 Å². The zero-order chi connectivity index (χ0) is 24.1. The van der Waals surface area contributed by atoms with Gasteiger partial charge in [-0.15, -0.1) is 0 Å². The molecule has 0 aliphatic heterocycles. The summed E-state index contributed by atoms with van der Waals surface area (Å²) in [6, 6.07) is 22.7. The standard InChI is InChI=1S/C23H20N6O4S/c1-16-15-22(25-17-5-3-2-4-6-17)27-23(24-16)26-18-7-9-19(10-8-18)28-34(32,33)21-13-11-20(12-14-21)29(30)31/h2-15,28H,1H3,(H2,24,25,26,27). The lowest BCUT2D eigenvalue weighted by Gasteiger charge is -2.11. The Morgan fingerprint density at radius 3 is 2.06 bits per heavy atom. The van der Waals surface area contributed by atoms with Crippen LogP contribution in [0.1, 0.15) is 5.69 Å². The first kappa shape index (κ1) is 22.7. The average Bonchev–Trinajstić information content (AvgIpc) is 2.80. The number of hydrogen-bond donors (Lipinski definition) is 3. The summed E-state index contributed by atoms with van der Waals surface area (Å²) in [4.78, 5) is 19.0. The molecule has 1 heterocycles. The first-order chi connectivity index (χ1) is 16.3. The lowest BCUT2D eigenvalue weighted by Crippen LogP contribution is -2.12. The Morgan fingerprint density at radius 2 is 1.41 bits per heavy atom. The molecule has 10 nitrogen and oxygen atoms in total. The summed E-state index contributed by atoms with van der Waals surface area (Å²) >= 11 is 0. The maximum absolute atomic E-state index is 12.6. The van der Waals surface area contributed by atoms with E-state index in [9.17, 15) is 18.5 Å². The molecule has 0 saturated heterocycles. The van der Waals surface area contributed by atoms with Gasteiger partial charge in [0.05, 0.1) is 9.82 Å². The van der Waals surface area contributed by atoms with Crippen molar-refractivity contribution in [1.29, 1.82) is 0 Å². The van der Waals surface area contributed by atoms with Gasteiger partial charge in [-0.3, -0.25) is 14.8 Å². The van der Waals surface area contributed by atoms with Crippen LogP contribution in [0.2, 0.25) is 0 Å². The van der Waals surface area contributed by atoms with E-state index in [1.54, 1.807) is 24.3 Å². The van der Waals surface area contributed by atoms with Crippen molar-refractivity contribution < 1.29 is 13.3 Å². The Kier molecular flexibility index (Phi) is 6.37. The molecule has 11 heteroatoms. The summed E-state index contributed by atoms with van der Waals surface area (Å²) < 4.78 is 27.6. The van der Waals surface area contributed by atoms with Crippen molar-refractivity contribution in [3.63, 3.8) is 0 Å². The molecule has 0 fully saturated rings. The second-order valence-electron chi connectivity index (χ2n) is 7.27. The van der Waals surface area contributed by atoms with Crippen LogP contribution >= 0.6 is 0 Å². The summed E-state index contributed by atoms with van der Waals surface area (Å²) in [5, 5.41) is 17.1. The van der Waals surface area contributed by atoms with E-state index in [0.29, 0.717) is 23.1 Å². The predicted octanol–water partition coefficient (Wildman–Crippen LogP) is 4.98.